The number of pyridine rings is 1. The summed E-state index contributed by atoms with van der Waals surface area (Å²) in [6, 6.07) is 3.37. The minimum Gasteiger partial charge on any atom is -0.294 e. The molecule has 0 aliphatic carbocycles. The summed E-state index contributed by atoms with van der Waals surface area (Å²) in [5.74, 6) is 0.133. The minimum atomic E-state index is 0.133. The van der Waals surface area contributed by atoms with Gasteiger partial charge in [-0.2, -0.15) is 0 Å². The molecule has 3 heteroatoms. The van der Waals surface area contributed by atoms with Crippen LogP contribution in [0.2, 0.25) is 5.15 Å². The molecule has 0 aliphatic heterocycles. The lowest BCUT2D eigenvalue weighted by molar-refractivity contribution is 0.0965. The van der Waals surface area contributed by atoms with E-state index in [1.165, 1.54) is 6.20 Å². The molecule has 0 N–H and O–H groups in total. The summed E-state index contributed by atoms with van der Waals surface area (Å²) in [7, 11) is 0. The fourth-order valence-corrected chi connectivity index (χ4v) is 1.29. The SMILES string of the molecule is CC(C)(C)CCC(=O)c1ccc(Cl)nc1. The Kier molecular flexibility index (Phi) is 3.86. The summed E-state index contributed by atoms with van der Waals surface area (Å²) in [6.07, 6.45) is 2.98. The molecule has 0 atom stereocenters. The monoisotopic (exact) mass is 225 g/mol. The quantitative estimate of drug-likeness (QED) is 0.579. The number of carbonyl (C=O) groups excluding carboxylic acids is 1. The zero-order valence-electron chi connectivity index (χ0n) is 9.38. The maximum atomic E-state index is 11.7. The average Bonchev–Trinajstić information content (AvgIpc) is 2.14. The molecule has 15 heavy (non-hydrogen) atoms. The van der Waals surface area contributed by atoms with Crippen molar-refractivity contribution in [2.24, 2.45) is 5.41 Å². The summed E-state index contributed by atoms with van der Waals surface area (Å²) in [6.45, 7) is 6.38. The number of ketones is 1. The van der Waals surface area contributed by atoms with E-state index >= 15 is 0 Å². The predicted octanol–water partition coefficient (Wildman–Crippen LogP) is 3.74. The molecule has 0 unspecified atom stereocenters. The van der Waals surface area contributed by atoms with E-state index in [4.69, 9.17) is 11.6 Å². The van der Waals surface area contributed by atoms with Gasteiger partial charge < -0.3 is 0 Å². The van der Waals surface area contributed by atoms with Crippen LogP contribution in [-0.2, 0) is 0 Å². The maximum Gasteiger partial charge on any atom is 0.164 e. The third kappa shape index (κ3) is 4.43. The second-order valence-corrected chi connectivity index (χ2v) is 5.24. The lowest BCUT2D eigenvalue weighted by atomic mass is 9.89. The van der Waals surface area contributed by atoms with E-state index in [1.54, 1.807) is 12.1 Å². The van der Waals surface area contributed by atoms with Gasteiger partial charge in [-0.15, -0.1) is 0 Å². The highest BCUT2D eigenvalue weighted by molar-refractivity contribution is 6.29. The van der Waals surface area contributed by atoms with Crippen molar-refractivity contribution in [1.29, 1.82) is 0 Å². The van der Waals surface area contributed by atoms with Gasteiger partial charge in [0, 0.05) is 18.2 Å². The number of halogens is 1. The first-order chi connectivity index (χ1) is 6.88. The van der Waals surface area contributed by atoms with Crippen molar-refractivity contribution in [3.8, 4) is 0 Å². The van der Waals surface area contributed by atoms with Crippen molar-refractivity contribution in [3.63, 3.8) is 0 Å². The molecule has 0 amide bonds. The molecule has 0 aromatic carbocycles. The molecule has 0 bridgehead atoms. The molecule has 0 saturated heterocycles. The van der Waals surface area contributed by atoms with Crippen LogP contribution in [-0.4, -0.2) is 10.8 Å². The van der Waals surface area contributed by atoms with Gasteiger partial charge in [0.25, 0.3) is 0 Å². The summed E-state index contributed by atoms with van der Waals surface area (Å²) in [5.41, 5.74) is 0.832. The fourth-order valence-electron chi connectivity index (χ4n) is 1.17. The standard InChI is InChI=1S/C12H16ClNO/c1-12(2,3)7-6-10(15)9-4-5-11(13)14-8-9/h4-5,8H,6-7H2,1-3H3. The number of carbonyl (C=O) groups is 1. The van der Waals surface area contributed by atoms with E-state index in [0.29, 0.717) is 17.1 Å². The van der Waals surface area contributed by atoms with Crippen LogP contribution in [0.5, 0.6) is 0 Å². The lowest BCUT2D eigenvalue weighted by Crippen LogP contribution is -2.09. The van der Waals surface area contributed by atoms with Crippen LogP contribution in [0.15, 0.2) is 18.3 Å². The van der Waals surface area contributed by atoms with Crippen molar-refractivity contribution in [2.45, 2.75) is 33.6 Å². The number of rotatable bonds is 3. The maximum absolute atomic E-state index is 11.7. The van der Waals surface area contributed by atoms with Crippen LogP contribution in [0.25, 0.3) is 0 Å². The second-order valence-electron chi connectivity index (χ2n) is 4.85. The van der Waals surface area contributed by atoms with Crippen molar-refractivity contribution in [3.05, 3.63) is 29.0 Å². The Morgan fingerprint density at radius 3 is 2.53 bits per heavy atom. The summed E-state index contributed by atoms with van der Waals surface area (Å²) >= 11 is 5.64. The summed E-state index contributed by atoms with van der Waals surface area (Å²) in [5, 5.41) is 0.419. The molecule has 0 saturated carbocycles. The van der Waals surface area contributed by atoms with Gasteiger partial charge in [-0.05, 0) is 24.0 Å². The molecular formula is C12H16ClNO. The van der Waals surface area contributed by atoms with Crippen molar-refractivity contribution in [2.75, 3.05) is 0 Å². The van der Waals surface area contributed by atoms with Crippen molar-refractivity contribution in [1.82, 2.24) is 4.98 Å². The molecule has 2 nitrogen and oxygen atoms in total. The Bertz CT molecular complexity index is 338. The van der Waals surface area contributed by atoms with Gasteiger partial charge in [-0.25, -0.2) is 4.98 Å². The number of aromatic nitrogens is 1. The third-order valence-electron chi connectivity index (χ3n) is 2.15. The van der Waals surface area contributed by atoms with Crippen LogP contribution in [0, 0.1) is 5.41 Å². The Morgan fingerprint density at radius 1 is 1.40 bits per heavy atom. The van der Waals surface area contributed by atoms with E-state index in [0.717, 1.165) is 6.42 Å². The van der Waals surface area contributed by atoms with Gasteiger partial charge in [0.2, 0.25) is 0 Å². The molecule has 1 aromatic rings. The van der Waals surface area contributed by atoms with Gasteiger partial charge in [0.1, 0.15) is 5.15 Å². The number of Topliss-reactive ketones (excluding diaryl/α,β-unsaturated/α-hetero) is 1. The van der Waals surface area contributed by atoms with Gasteiger partial charge in [0.15, 0.2) is 5.78 Å². The zero-order chi connectivity index (χ0) is 11.5. The van der Waals surface area contributed by atoms with Crippen molar-refractivity contribution < 1.29 is 4.79 Å². The smallest absolute Gasteiger partial charge is 0.164 e. The number of hydrogen-bond acceptors (Lipinski definition) is 2. The van der Waals surface area contributed by atoms with Crippen molar-refractivity contribution >= 4 is 17.4 Å². The van der Waals surface area contributed by atoms with Crippen LogP contribution in [0.3, 0.4) is 0 Å². The molecular weight excluding hydrogens is 210 g/mol. The van der Waals surface area contributed by atoms with E-state index in [9.17, 15) is 4.79 Å². The molecule has 0 aliphatic rings. The van der Waals surface area contributed by atoms with Gasteiger partial charge in [0.05, 0.1) is 0 Å². The van der Waals surface area contributed by atoms with Crippen LogP contribution >= 0.6 is 11.6 Å². The Balaban J connectivity index is 2.58. The van der Waals surface area contributed by atoms with E-state index in [1.807, 2.05) is 0 Å². The normalized spacial score (nSPS) is 11.5. The van der Waals surface area contributed by atoms with Gasteiger partial charge in [-0.1, -0.05) is 32.4 Å². The van der Waals surface area contributed by atoms with Gasteiger partial charge in [-0.3, -0.25) is 4.79 Å². The summed E-state index contributed by atoms with van der Waals surface area (Å²) in [4.78, 5) is 15.6. The molecule has 1 heterocycles. The molecule has 1 aromatic heterocycles. The summed E-state index contributed by atoms with van der Waals surface area (Å²) < 4.78 is 0. The molecule has 0 fully saturated rings. The lowest BCUT2D eigenvalue weighted by Gasteiger charge is -2.16. The molecule has 1 rings (SSSR count). The first-order valence-corrected chi connectivity index (χ1v) is 5.41. The predicted molar refractivity (Wildman–Crippen MR) is 62.3 cm³/mol. The zero-order valence-corrected chi connectivity index (χ0v) is 10.1. The third-order valence-corrected chi connectivity index (χ3v) is 2.38. The number of nitrogens with zero attached hydrogens (tertiary/aromatic N) is 1. The number of hydrogen-bond donors (Lipinski definition) is 0. The highest BCUT2D eigenvalue weighted by Gasteiger charge is 2.14. The average molecular weight is 226 g/mol. The molecule has 0 spiro atoms. The highest BCUT2D eigenvalue weighted by Crippen LogP contribution is 2.22. The molecule has 82 valence electrons. The Hall–Kier alpha value is -0.890. The van der Waals surface area contributed by atoms with Crippen LogP contribution in [0.1, 0.15) is 44.0 Å². The topological polar surface area (TPSA) is 30.0 Å². The van der Waals surface area contributed by atoms with Crippen LogP contribution < -0.4 is 0 Å². The van der Waals surface area contributed by atoms with Gasteiger partial charge >= 0.3 is 0 Å². The Morgan fingerprint density at radius 2 is 2.07 bits per heavy atom. The Labute approximate surface area is 95.7 Å². The fraction of sp³-hybridized carbons (Fsp3) is 0.500. The van der Waals surface area contributed by atoms with Crippen LogP contribution in [0.4, 0.5) is 0 Å². The first-order valence-electron chi connectivity index (χ1n) is 5.03. The second kappa shape index (κ2) is 4.75. The van der Waals surface area contributed by atoms with E-state index < -0.39 is 0 Å². The first kappa shape index (κ1) is 12.2. The highest BCUT2D eigenvalue weighted by atomic mass is 35.5. The minimum absolute atomic E-state index is 0.133. The van der Waals surface area contributed by atoms with E-state index in [2.05, 4.69) is 25.8 Å². The largest absolute Gasteiger partial charge is 0.294 e. The molecule has 0 radical (unpaired) electrons. The van der Waals surface area contributed by atoms with E-state index in [-0.39, 0.29) is 11.2 Å².